The van der Waals surface area contributed by atoms with E-state index in [1.165, 1.54) is 5.56 Å². The third-order valence-electron chi connectivity index (χ3n) is 3.40. The van der Waals surface area contributed by atoms with E-state index in [2.05, 4.69) is 0 Å². The van der Waals surface area contributed by atoms with Crippen LogP contribution in [0.5, 0.6) is 0 Å². The summed E-state index contributed by atoms with van der Waals surface area (Å²) in [6.45, 7) is 0.221. The van der Waals surface area contributed by atoms with Crippen molar-refractivity contribution < 1.29 is 24.9 Å². The fourth-order valence-electron chi connectivity index (χ4n) is 2.20. The molecular formula is C16H22O5. The first-order chi connectivity index (χ1) is 10.0. The number of unbranched alkanes of at least 4 members (excludes halogenated alkanes) is 2. The summed E-state index contributed by atoms with van der Waals surface area (Å²) in [5, 5.41) is 26.4. The molecule has 0 aliphatic carbocycles. The molecule has 0 fully saturated rings. The Hall–Kier alpha value is -1.88. The van der Waals surface area contributed by atoms with Crippen LogP contribution in [-0.4, -0.2) is 33.9 Å². The molecule has 0 saturated carbocycles. The van der Waals surface area contributed by atoms with Gasteiger partial charge in [0.25, 0.3) is 0 Å². The van der Waals surface area contributed by atoms with Gasteiger partial charge in [-0.1, -0.05) is 30.7 Å². The van der Waals surface area contributed by atoms with Crippen molar-refractivity contribution in [1.82, 2.24) is 0 Å². The topological polar surface area (TPSA) is 94.8 Å². The first kappa shape index (κ1) is 17.2. The lowest BCUT2D eigenvalue weighted by atomic mass is 9.95. The van der Waals surface area contributed by atoms with Gasteiger partial charge in [0, 0.05) is 6.61 Å². The van der Waals surface area contributed by atoms with E-state index in [1.807, 2.05) is 24.3 Å². The summed E-state index contributed by atoms with van der Waals surface area (Å²) in [7, 11) is 0. The zero-order chi connectivity index (χ0) is 15.7. The lowest BCUT2D eigenvalue weighted by molar-refractivity contribution is -0.148. The zero-order valence-corrected chi connectivity index (χ0v) is 12.0. The van der Waals surface area contributed by atoms with Gasteiger partial charge in [-0.2, -0.15) is 0 Å². The number of hydrogen-bond donors (Lipinski definition) is 3. The van der Waals surface area contributed by atoms with Gasteiger partial charge >= 0.3 is 11.9 Å². The summed E-state index contributed by atoms with van der Waals surface area (Å²) in [4.78, 5) is 21.7. The zero-order valence-electron chi connectivity index (χ0n) is 12.0. The molecule has 1 aromatic rings. The average molecular weight is 294 g/mol. The molecule has 0 heterocycles. The number of aliphatic carboxylic acids is 2. The molecule has 5 heteroatoms. The second-order valence-corrected chi connectivity index (χ2v) is 5.19. The van der Waals surface area contributed by atoms with Gasteiger partial charge < -0.3 is 15.3 Å². The maximum absolute atomic E-state index is 11.0. The van der Waals surface area contributed by atoms with E-state index in [4.69, 9.17) is 15.3 Å². The van der Waals surface area contributed by atoms with Gasteiger partial charge in [-0.25, -0.2) is 0 Å². The summed E-state index contributed by atoms with van der Waals surface area (Å²) in [6, 6.07) is 7.63. The number of rotatable bonds is 10. The molecule has 0 amide bonds. The number of carboxylic acids is 2. The van der Waals surface area contributed by atoms with Crippen molar-refractivity contribution in [3.05, 3.63) is 35.4 Å². The Labute approximate surface area is 124 Å². The smallest absolute Gasteiger partial charge is 0.307 e. The minimum absolute atomic E-state index is 0.221. The lowest BCUT2D eigenvalue weighted by Gasteiger charge is -2.10. The van der Waals surface area contributed by atoms with E-state index < -0.39 is 17.9 Å². The van der Waals surface area contributed by atoms with Crippen molar-refractivity contribution in [3.8, 4) is 0 Å². The SMILES string of the molecule is O=C(O)CC(Cc1ccc(CCCCCO)cc1)C(=O)O. The van der Waals surface area contributed by atoms with Crippen LogP contribution in [0.2, 0.25) is 0 Å². The Bertz CT molecular complexity index is 452. The van der Waals surface area contributed by atoms with Crippen molar-refractivity contribution in [2.75, 3.05) is 6.61 Å². The molecule has 21 heavy (non-hydrogen) atoms. The maximum atomic E-state index is 11.0. The Morgan fingerprint density at radius 2 is 1.57 bits per heavy atom. The highest BCUT2D eigenvalue weighted by atomic mass is 16.4. The Balaban J connectivity index is 2.52. The normalized spacial score (nSPS) is 12.0. The van der Waals surface area contributed by atoms with Crippen molar-refractivity contribution in [2.45, 2.75) is 38.5 Å². The van der Waals surface area contributed by atoms with Crippen LogP contribution in [0.1, 0.15) is 36.8 Å². The maximum Gasteiger partial charge on any atom is 0.307 e. The van der Waals surface area contributed by atoms with Crippen LogP contribution < -0.4 is 0 Å². The summed E-state index contributed by atoms with van der Waals surface area (Å²) >= 11 is 0. The Kier molecular flexibility index (Phi) is 7.46. The third kappa shape index (κ3) is 6.90. The highest BCUT2D eigenvalue weighted by molar-refractivity contribution is 5.78. The number of hydrogen-bond acceptors (Lipinski definition) is 3. The molecule has 0 spiro atoms. The minimum atomic E-state index is -1.09. The van der Waals surface area contributed by atoms with Crippen LogP contribution in [0.3, 0.4) is 0 Å². The van der Waals surface area contributed by atoms with Gasteiger partial charge in [0.15, 0.2) is 0 Å². The molecule has 1 aromatic carbocycles. The van der Waals surface area contributed by atoms with Crippen LogP contribution in [0.4, 0.5) is 0 Å². The molecule has 0 aliphatic rings. The molecular weight excluding hydrogens is 272 g/mol. The van der Waals surface area contributed by atoms with Gasteiger partial charge in [-0.3, -0.25) is 9.59 Å². The van der Waals surface area contributed by atoms with E-state index in [9.17, 15) is 9.59 Å². The van der Waals surface area contributed by atoms with Gasteiger partial charge in [0.1, 0.15) is 0 Å². The van der Waals surface area contributed by atoms with E-state index in [1.54, 1.807) is 0 Å². The Morgan fingerprint density at radius 1 is 0.952 bits per heavy atom. The van der Waals surface area contributed by atoms with E-state index in [-0.39, 0.29) is 19.4 Å². The summed E-state index contributed by atoms with van der Waals surface area (Å²) < 4.78 is 0. The highest BCUT2D eigenvalue weighted by Crippen LogP contribution is 2.15. The summed E-state index contributed by atoms with van der Waals surface area (Å²) in [6.07, 6.45) is 3.60. The molecule has 1 rings (SSSR count). The first-order valence-electron chi connectivity index (χ1n) is 7.16. The molecule has 1 atom stereocenters. The lowest BCUT2D eigenvalue weighted by Crippen LogP contribution is -2.20. The monoisotopic (exact) mass is 294 g/mol. The molecule has 0 radical (unpaired) electrons. The molecule has 1 unspecified atom stereocenters. The minimum Gasteiger partial charge on any atom is -0.481 e. The molecule has 5 nitrogen and oxygen atoms in total. The number of carbonyl (C=O) groups is 2. The number of aryl methyl sites for hydroxylation is 1. The number of benzene rings is 1. The highest BCUT2D eigenvalue weighted by Gasteiger charge is 2.21. The van der Waals surface area contributed by atoms with Crippen LogP contribution in [-0.2, 0) is 22.4 Å². The number of aliphatic hydroxyl groups excluding tert-OH is 1. The van der Waals surface area contributed by atoms with Crippen molar-refractivity contribution >= 4 is 11.9 Å². The van der Waals surface area contributed by atoms with Crippen molar-refractivity contribution in [3.63, 3.8) is 0 Å². The average Bonchev–Trinajstić information content (AvgIpc) is 2.44. The molecule has 0 aliphatic heterocycles. The van der Waals surface area contributed by atoms with Gasteiger partial charge in [-0.05, 0) is 36.8 Å². The van der Waals surface area contributed by atoms with E-state index in [0.717, 1.165) is 31.2 Å². The fraction of sp³-hybridized carbons (Fsp3) is 0.500. The van der Waals surface area contributed by atoms with Crippen LogP contribution in [0.25, 0.3) is 0 Å². The number of aliphatic hydroxyl groups is 1. The van der Waals surface area contributed by atoms with E-state index >= 15 is 0 Å². The second-order valence-electron chi connectivity index (χ2n) is 5.19. The molecule has 0 aromatic heterocycles. The van der Waals surface area contributed by atoms with Crippen molar-refractivity contribution in [2.24, 2.45) is 5.92 Å². The van der Waals surface area contributed by atoms with Crippen LogP contribution in [0.15, 0.2) is 24.3 Å². The molecule has 3 N–H and O–H groups in total. The van der Waals surface area contributed by atoms with Gasteiger partial charge in [0.2, 0.25) is 0 Å². The van der Waals surface area contributed by atoms with Crippen molar-refractivity contribution in [1.29, 1.82) is 0 Å². The van der Waals surface area contributed by atoms with E-state index in [0.29, 0.717) is 0 Å². The van der Waals surface area contributed by atoms with Gasteiger partial charge in [0.05, 0.1) is 12.3 Å². The molecule has 116 valence electrons. The summed E-state index contributed by atoms with van der Waals surface area (Å²) in [5.74, 6) is -3.06. The van der Waals surface area contributed by atoms with Crippen LogP contribution in [0, 0.1) is 5.92 Å². The summed E-state index contributed by atoms with van der Waals surface area (Å²) in [5.41, 5.74) is 2.00. The predicted molar refractivity (Wildman–Crippen MR) is 78.2 cm³/mol. The largest absolute Gasteiger partial charge is 0.481 e. The van der Waals surface area contributed by atoms with Gasteiger partial charge in [-0.15, -0.1) is 0 Å². The first-order valence-corrected chi connectivity index (χ1v) is 7.16. The standard InChI is InChI=1S/C16H22O5/c17-9-3-1-2-4-12-5-7-13(8-6-12)10-14(16(20)21)11-15(18)19/h5-8,14,17H,1-4,9-11H2,(H,18,19)(H,20,21). The quantitative estimate of drug-likeness (QED) is 0.574. The fourth-order valence-corrected chi connectivity index (χ4v) is 2.20. The Morgan fingerprint density at radius 3 is 2.10 bits per heavy atom. The number of carboxylic acid groups (broad SMARTS) is 2. The second kappa shape index (κ2) is 9.13. The predicted octanol–water partition coefficient (Wildman–Crippen LogP) is 2.11. The third-order valence-corrected chi connectivity index (χ3v) is 3.40. The molecule has 0 saturated heterocycles. The molecule has 0 bridgehead atoms. The van der Waals surface area contributed by atoms with Crippen LogP contribution >= 0.6 is 0 Å².